The fraction of sp³-hybridized carbons (Fsp3) is 0.235. The minimum atomic E-state index is -3.70. The molecule has 0 radical (unpaired) electrons. The van der Waals surface area contributed by atoms with E-state index in [1.54, 1.807) is 13.2 Å². The van der Waals surface area contributed by atoms with Gasteiger partial charge in [0.1, 0.15) is 5.75 Å². The molecule has 0 saturated carbocycles. The smallest absolute Gasteiger partial charge is 0.496 e. The minimum Gasteiger partial charge on any atom is -0.496 e. The van der Waals surface area contributed by atoms with Crippen molar-refractivity contribution in [1.82, 2.24) is 0 Å². The van der Waals surface area contributed by atoms with Gasteiger partial charge in [-0.2, -0.15) is 0 Å². The molecular formula is C17H13F2NO4. The number of hydrogen-bond donors (Lipinski definition) is 1. The van der Waals surface area contributed by atoms with Crippen molar-refractivity contribution in [2.45, 2.75) is 18.6 Å². The number of benzene rings is 2. The first-order valence-electron chi connectivity index (χ1n) is 7.33. The fourth-order valence-corrected chi connectivity index (χ4v) is 3.14. The van der Waals surface area contributed by atoms with Gasteiger partial charge in [0.2, 0.25) is 5.91 Å². The predicted molar refractivity (Wildman–Crippen MR) is 80.7 cm³/mol. The van der Waals surface area contributed by atoms with Crippen molar-refractivity contribution in [3.05, 3.63) is 47.5 Å². The maximum absolute atomic E-state index is 13.3. The first kappa shape index (κ1) is 14.7. The van der Waals surface area contributed by atoms with E-state index in [9.17, 15) is 13.6 Å². The summed E-state index contributed by atoms with van der Waals surface area (Å²) in [5, 5.41) is 2.69. The highest BCUT2D eigenvalue weighted by molar-refractivity contribution is 5.96. The summed E-state index contributed by atoms with van der Waals surface area (Å²) in [5.74, 6) is -0.0438. The monoisotopic (exact) mass is 333 g/mol. The maximum Gasteiger partial charge on any atom is 0.586 e. The normalized spacial score (nSPS) is 20.3. The van der Waals surface area contributed by atoms with Crippen LogP contribution in [0, 0.1) is 0 Å². The SMILES string of the molecule is COc1ccccc1C1CC(=O)Nc2cc3c(cc21)OC(F)(F)O3. The quantitative estimate of drug-likeness (QED) is 0.914. The van der Waals surface area contributed by atoms with Crippen LogP contribution >= 0.6 is 0 Å². The Morgan fingerprint density at radius 2 is 1.88 bits per heavy atom. The molecular weight excluding hydrogens is 320 g/mol. The van der Waals surface area contributed by atoms with Crippen molar-refractivity contribution in [2.24, 2.45) is 0 Å². The highest BCUT2D eigenvalue weighted by Gasteiger charge is 2.44. The van der Waals surface area contributed by atoms with Gasteiger partial charge in [-0.15, -0.1) is 8.78 Å². The van der Waals surface area contributed by atoms with Gasteiger partial charge in [-0.3, -0.25) is 4.79 Å². The van der Waals surface area contributed by atoms with Crippen LogP contribution in [0.15, 0.2) is 36.4 Å². The van der Waals surface area contributed by atoms with Crippen LogP contribution in [0.3, 0.4) is 0 Å². The summed E-state index contributed by atoms with van der Waals surface area (Å²) in [6.45, 7) is 0. The summed E-state index contributed by atoms with van der Waals surface area (Å²) in [7, 11) is 1.54. The zero-order chi connectivity index (χ0) is 16.9. The van der Waals surface area contributed by atoms with Crippen molar-refractivity contribution < 1.29 is 27.8 Å². The molecule has 5 nitrogen and oxygen atoms in total. The molecule has 2 aromatic carbocycles. The van der Waals surface area contributed by atoms with E-state index in [0.717, 1.165) is 5.56 Å². The number of amides is 1. The number of hydrogen-bond acceptors (Lipinski definition) is 4. The number of carbonyl (C=O) groups excluding carboxylic acids is 1. The van der Waals surface area contributed by atoms with Gasteiger partial charge in [0, 0.05) is 29.7 Å². The number of nitrogens with one attached hydrogen (secondary N) is 1. The van der Waals surface area contributed by atoms with Crippen LogP contribution in [0.4, 0.5) is 14.5 Å². The van der Waals surface area contributed by atoms with Gasteiger partial charge in [0.15, 0.2) is 11.5 Å². The number of para-hydroxylation sites is 1. The third-order valence-corrected chi connectivity index (χ3v) is 4.13. The highest BCUT2D eigenvalue weighted by Crippen LogP contribution is 2.49. The van der Waals surface area contributed by atoms with Crippen LogP contribution in [0.1, 0.15) is 23.5 Å². The Balaban J connectivity index is 1.84. The Bertz CT molecular complexity index is 837. The molecule has 2 aliphatic rings. The van der Waals surface area contributed by atoms with E-state index in [1.807, 2.05) is 18.2 Å². The van der Waals surface area contributed by atoms with Gasteiger partial charge in [-0.1, -0.05) is 18.2 Å². The lowest BCUT2D eigenvalue weighted by Crippen LogP contribution is -2.25. The zero-order valence-corrected chi connectivity index (χ0v) is 12.6. The van der Waals surface area contributed by atoms with Gasteiger partial charge in [-0.25, -0.2) is 0 Å². The Kier molecular flexibility index (Phi) is 3.13. The third kappa shape index (κ3) is 2.33. The van der Waals surface area contributed by atoms with Gasteiger partial charge < -0.3 is 19.5 Å². The number of methoxy groups -OCH3 is 1. The summed E-state index contributed by atoms with van der Waals surface area (Å²) in [6, 6.07) is 10.2. The molecule has 2 heterocycles. The van der Waals surface area contributed by atoms with Gasteiger partial charge >= 0.3 is 6.29 Å². The van der Waals surface area contributed by atoms with Crippen LogP contribution in [0.5, 0.6) is 17.2 Å². The van der Waals surface area contributed by atoms with Crippen molar-refractivity contribution in [3.8, 4) is 17.2 Å². The molecule has 0 aromatic heterocycles. The molecule has 4 rings (SSSR count). The number of ether oxygens (including phenoxy) is 3. The van der Waals surface area contributed by atoms with Crippen molar-refractivity contribution >= 4 is 11.6 Å². The topological polar surface area (TPSA) is 56.8 Å². The Hall–Kier alpha value is -2.83. The molecule has 2 aliphatic heterocycles. The van der Waals surface area contributed by atoms with Crippen LogP contribution in [0.2, 0.25) is 0 Å². The van der Waals surface area contributed by atoms with E-state index in [-0.39, 0.29) is 29.7 Å². The molecule has 24 heavy (non-hydrogen) atoms. The number of fused-ring (bicyclic) bond motifs is 2. The van der Waals surface area contributed by atoms with Gasteiger partial charge in [0.25, 0.3) is 0 Å². The number of rotatable bonds is 2. The van der Waals surface area contributed by atoms with E-state index >= 15 is 0 Å². The second kappa shape index (κ2) is 5.09. The first-order chi connectivity index (χ1) is 11.5. The average molecular weight is 333 g/mol. The Labute approximate surface area is 136 Å². The summed E-state index contributed by atoms with van der Waals surface area (Å²) >= 11 is 0. The molecule has 0 fully saturated rings. The number of halogens is 2. The second-order valence-electron chi connectivity index (χ2n) is 5.60. The predicted octanol–water partition coefficient (Wildman–Crippen LogP) is 3.49. The molecule has 1 amide bonds. The molecule has 1 atom stereocenters. The number of alkyl halides is 2. The lowest BCUT2D eigenvalue weighted by Gasteiger charge is -2.27. The molecule has 1 N–H and O–H groups in total. The summed E-state index contributed by atoms with van der Waals surface area (Å²) in [6.07, 6.45) is -3.51. The molecule has 0 spiro atoms. The van der Waals surface area contributed by atoms with Gasteiger partial charge in [0.05, 0.1) is 7.11 Å². The average Bonchev–Trinajstić information content (AvgIpc) is 2.84. The first-order valence-corrected chi connectivity index (χ1v) is 7.33. The maximum atomic E-state index is 13.3. The summed E-state index contributed by atoms with van der Waals surface area (Å²) in [4.78, 5) is 12.1. The lowest BCUT2D eigenvalue weighted by atomic mass is 9.84. The second-order valence-corrected chi connectivity index (χ2v) is 5.60. The summed E-state index contributed by atoms with van der Waals surface area (Å²) in [5.41, 5.74) is 1.92. The van der Waals surface area contributed by atoms with E-state index in [4.69, 9.17) is 4.74 Å². The standard InChI is InChI=1S/C17H13F2NO4/c1-22-13-5-3-2-4-9(13)10-7-16(21)20-12-8-15-14(6-11(10)12)23-17(18,19)24-15/h2-6,8,10H,7H2,1H3,(H,20,21). The molecule has 7 heteroatoms. The van der Waals surface area contributed by atoms with E-state index in [2.05, 4.69) is 14.8 Å². The highest BCUT2D eigenvalue weighted by atomic mass is 19.3. The molecule has 0 saturated heterocycles. The van der Waals surface area contributed by atoms with E-state index in [0.29, 0.717) is 17.0 Å². The number of carbonyl (C=O) groups is 1. The van der Waals surface area contributed by atoms with Crippen LogP contribution in [0.25, 0.3) is 0 Å². The van der Waals surface area contributed by atoms with Crippen LogP contribution in [-0.4, -0.2) is 19.3 Å². The molecule has 2 aromatic rings. The number of anilines is 1. The zero-order valence-electron chi connectivity index (χ0n) is 12.6. The Morgan fingerprint density at radius 1 is 1.17 bits per heavy atom. The lowest BCUT2D eigenvalue weighted by molar-refractivity contribution is -0.286. The molecule has 1 unspecified atom stereocenters. The minimum absolute atomic E-state index is 0.0465. The summed E-state index contributed by atoms with van der Waals surface area (Å²) < 4.78 is 40.9. The molecule has 0 bridgehead atoms. The van der Waals surface area contributed by atoms with Crippen molar-refractivity contribution in [2.75, 3.05) is 12.4 Å². The van der Waals surface area contributed by atoms with Crippen LogP contribution in [-0.2, 0) is 4.79 Å². The largest absolute Gasteiger partial charge is 0.586 e. The van der Waals surface area contributed by atoms with Crippen LogP contribution < -0.4 is 19.5 Å². The third-order valence-electron chi connectivity index (χ3n) is 4.13. The molecule has 124 valence electrons. The van der Waals surface area contributed by atoms with Gasteiger partial charge in [-0.05, 0) is 17.7 Å². The molecule has 0 aliphatic carbocycles. The van der Waals surface area contributed by atoms with Crippen molar-refractivity contribution in [1.29, 1.82) is 0 Å². The van der Waals surface area contributed by atoms with E-state index < -0.39 is 6.29 Å². The van der Waals surface area contributed by atoms with E-state index in [1.165, 1.54) is 12.1 Å². The Morgan fingerprint density at radius 3 is 2.62 bits per heavy atom. The fourth-order valence-electron chi connectivity index (χ4n) is 3.14. The van der Waals surface area contributed by atoms with Crippen molar-refractivity contribution in [3.63, 3.8) is 0 Å².